The third-order valence-electron chi connectivity index (χ3n) is 2.46. The molecular weight excluding hydrogens is 184 g/mol. The standard InChI is InChI=1S/C13H22N2/c1-3-14-10-11-15(2)12-13-8-6-4-5-7-9-13/h4-8,14H,3,9-12H2,1-2H3. The van der Waals surface area contributed by atoms with Crippen molar-refractivity contribution >= 4 is 0 Å². The van der Waals surface area contributed by atoms with Gasteiger partial charge in [-0.25, -0.2) is 0 Å². The Kier molecular flexibility index (Phi) is 6.05. The monoisotopic (exact) mass is 206 g/mol. The van der Waals surface area contributed by atoms with Gasteiger partial charge >= 0.3 is 0 Å². The van der Waals surface area contributed by atoms with Gasteiger partial charge in [0.15, 0.2) is 0 Å². The molecule has 84 valence electrons. The van der Waals surface area contributed by atoms with Crippen molar-refractivity contribution in [3.63, 3.8) is 0 Å². The summed E-state index contributed by atoms with van der Waals surface area (Å²) < 4.78 is 0. The molecule has 15 heavy (non-hydrogen) atoms. The van der Waals surface area contributed by atoms with E-state index in [0.717, 1.165) is 32.6 Å². The van der Waals surface area contributed by atoms with Crippen LogP contribution in [0.25, 0.3) is 0 Å². The van der Waals surface area contributed by atoms with Crippen LogP contribution >= 0.6 is 0 Å². The second kappa shape index (κ2) is 7.43. The van der Waals surface area contributed by atoms with Gasteiger partial charge in [-0.2, -0.15) is 0 Å². The Bertz CT molecular complexity index is 251. The van der Waals surface area contributed by atoms with Crippen LogP contribution in [0.5, 0.6) is 0 Å². The number of hydrogen-bond acceptors (Lipinski definition) is 2. The zero-order valence-electron chi connectivity index (χ0n) is 9.87. The Labute approximate surface area is 93.4 Å². The van der Waals surface area contributed by atoms with E-state index >= 15 is 0 Å². The molecule has 0 unspecified atom stereocenters. The summed E-state index contributed by atoms with van der Waals surface area (Å²) >= 11 is 0. The quantitative estimate of drug-likeness (QED) is 0.668. The molecule has 1 rings (SSSR count). The van der Waals surface area contributed by atoms with Crippen molar-refractivity contribution in [2.75, 3.05) is 33.2 Å². The van der Waals surface area contributed by atoms with Gasteiger partial charge in [0.1, 0.15) is 0 Å². The highest BCUT2D eigenvalue weighted by molar-refractivity contribution is 5.24. The molecular formula is C13H22N2. The first-order valence-corrected chi connectivity index (χ1v) is 5.73. The fourth-order valence-corrected chi connectivity index (χ4v) is 1.61. The van der Waals surface area contributed by atoms with Gasteiger partial charge in [-0.15, -0.1) is 0 Å². The van der Waals surface area contributed by atoms with Gasteiger partial charge in [0, 0.05) is 19.6 Å². The summed E-state index contributed by atoms with van der Waals surface area (Å²) in [4.78, 5) is 2.36. The van der Waals surface area contributed by atoms with E-state index in [1.165, 1.54) is 5.57 Å². The molecule has 0 bridgehead atoms. The van der Waals surface area contributed by atoms with Crippen LogP contribution in [0.2, 0.25) is 0 Å². The van der Waals surface area contributed by atoms with Gasteiger partial charge in [0.2, 0.25) is 0 Å². The molecule has 0 heterocycles. The highest BCUT2D eigenvalue weighted by atomic mass is 15.1. The number of rotatable bonds is 6. The van der Waals surface area contributed by atoms with E-state index in [9.17, 15) is 0 Å². The summed E-state index contributed by atoms with van der Waals surface area (Å²) in [5, 5.41) is 3.34. The molecule has 0 fully saturated rings. The largest absolute Gasteiger partial charge is 0.316 e. The van der Waals surface area contributed by atoms with Gasteiger partial charge < -0.3 is 10.2 Å². The van der Waals surface area contributed by atoms with Crippen molar-refractivity contribution in [3.8, 4) is 0 Å². The van der Waals surface area contributed by atoms with Crippen molar-refractivity contribution in [2.45, 2.75) is 13.3 Å². The van der Waals surface area contributed by atoms with Crippen LogP contribution in [0.15, 0.2) is 36.0 Å². The molecule has 0 aromatic rings. The lowest BCUT2D eigenvalue weighted by molar-refractivity contribution is 0.358. The van der Waals surface area contributed by atoms with E-state index in [2.05, 4.69) is 54.6 Å². The van der Waals surface area contributed by atoms with Gasteiger partial charge in [-0.05, 0) is 20.0 Å². The van der Waals surface area contributed by atoms with Gasteiger partial charge in [-0.3, -0.25) is 0 Å². The Morgan fingerprint density at radius 3 is 3.00 bits per heavy atom. The zero-order valence-corrected chi connectivity index (χ0v) is 9.87. The summed E-state index contributed by atoms with van der Waals surface area (Å²) in [5.41, 5.74) is 1.49. The maximum absolute atomic E-state index is 3.34. The molecule has 1 aliphatic carbocycles. The Balaban J connectivity index is 2.24. The predicted molar refractivity (Wildman–Crippen MR) is 67.0 cm³/mol. The number of hydrogen-bond donors (Lipinski definition) is 1. The topological polar surface area (TPSA) is 15.3 Å². The molecule has 0 saturated heterocycles. The summed E-state index contributed by atoms with van der Waals surface area (Å²) in [6.45, 7) is 6.45. The fraction of sp³-hybridized carbons (Fsp3) is 0.538. The van der Waals surface area contributed by atoms with E-state index in [4.69, 9.17) is 0 Å². The maximum atomic E-state index is 3.34. The molecule has 0 spiro atoms. The second-order valence-corrected chi connectivity index (χ2v) is 3.93. The van der Waals surface area contributed by atoms with E-state index in [-0.39, 0.29) is 0 Å². The minimum Gasteiger partial charge on any atom is -0.316 e. The molecule has 0 aliphatic heterocycles. The molecule has 0 aromatic heterocycles. The van der Waals surface area contributed by atoms with Crippen molar-refractivity contribution in [1.29, 1.82) is 0 Å². The summed E-state index contributed by atoms with van der Waals surface area (Å²) in [6, 6.07) is 0. The zero-order chi connectivity index (χ0) is 10.9. The summed E-state index contributed by atoms with van der Waals surface area (Å²) in [5.74, 6) is 0. The molecule has 2 nitrogen and oxygen atoms in total. The van der Waals surface area contributed by atoms with E-state index < -0.39 is 0 Å². The molecule has 1 aliphatic rings. The minimum atomic E-state index is 1.06. The van der Waals surface area contributed by atoms with Crippen LogP contribution in [0, 0.1) is 0 Å². The Morgan fingerprint density at radius 2 is 2.20 bits per heavy atom. The van der Waals surface area contributed by atoms with Gasteiger partial charge in [-0.1, -0.05) is 42.9 Å². The fourth-order valence-electron chi connectivity index (χ4n) is 1.61. The average Bonchev–Trinajstić information content (AvgIpc) is 2.47. The number of nitrogens with zero attached hydrogens (tertiary/aromatic N) is 1. The molecule has 0 aromatic carbocycles. The molecule has 2 heteroatoms. The lowest BCUT2D eigenvalue weighted by atomic mass is 10.1. The number of allylic oxidation sites excluding steroid dienone is 5. The van der Waals surface area contributed by atoms with Crippen molar-refractivity contribution < 1.29 is 0 Å². The lowest BCUT2D eigenvalue weighted by Crippen LogP contribution is -2.30. The van der Waals surface area contributed by atoms with Gasteiger partial charge in [0.05, 0.1) is 0 Å². The van der Waals surface area contributed by atoms with Crippen LogP contribution in [-0.2, 0) is 0 Å². The Morgan fingerprint density at radius 1 is 1.33 bits per heavy atom. The minimum absolute atomic E-state index is 1.06. The van der Waals surface area contributed by atoms with Crippen LogP contribution in [0.3, 0.4) is 0 Å². The van der Waals surface area contributed by atoms with E-state index in [1.807, 2.05) is 0 Å². The van der Waals surface area contributed by atoms with Gasteiger partial charge in [0.25, 0.3) is 0 Å². The number of likely N-dealkylation sites (N-methyl/N-ethyl adjacent to an activating group) is 2. The highest BCUT2D eigenvalue weighted by Crippen LogP contribution is 2.07. The molecule has 1 N–H and O–H groups in total. The molecule has 0 atom stereocenters. The average molecular weight is 206 g/mol. The third kappa shape index (κ3) is 5.55. The van der Waals surface area contributed by atoms with E-state index in [1.54, 1.807) is 0 Å². The molecule has 0 saturated carbocycles. The lowest BCUT2D eigenvalue weighted by Gasteiger charge is -2.17. The first kappa shape index (κ1) is 12.2. The predicted octanol–water partition coefficient (Wildman–Crippen LogP) is 1.97. The van der Waals surface area contributed by atoms with Crippen LogP contribution in [-0.4, -0.2) is 38.1 Å². The summed E-state index contributed by atoms with van der Waals surface area (Å²) in [7, 11) is 2.18. The Hall–Kier alpha value is -0.860. The van der Waals surface area contributed by atoms with Crippen LogP contribution < -0.4 is 5.32 Å². The normalized spacial score (nSPS) is 15.5. The third-order valence-corrected chi connectivity index (χ3v) is 2.46. The number of nitrogens with one attached hydrogen (secondary N) is 1. The first-order chi connectivity index (χ1) is 7.33. The molecule has 0 radical (unpaired) electrons. The second-order valence-electron chi connectivity index (χ2n) is 3.93. The van der Waals surface area contributed by atoms with Crippen molar-refractivity contribution in [3.05, 3.63) is 36.0 Å². The highest BCUT2D eigenvalue weighted by Gasteiger charge is 2.01. The smallest absolute Gasteiger partial charge is 0.0196 e. The summed E-state index contributed by atoms with van der Waals surface area (Å²) in [6.07, 6.45) is 11.8. The van der Waals surface area contributed by atoms with Crippen LogP contribution in [0.1, 0.15) is 13.3 Å². The maximum Gasteiger partial charge on any atom is 0.0196 e. The molecule has 0 amide bonds. The van der Waals surface area contributed by atoms with E-state index in [0.29, 0.717) is 0 Å². The van der Waals surface area contributed by atoms with Crippen molar-refractivity contribution in [2.24, 2.45) is 0 Å². The van der Waals surface area contributed by atoms with Crippen LogP contribution in [0.4, 0.5) is 0 Å². The van der Waals surface area contributed by atoms with Crippen molar-refractivity contribution in [1.82, 2.24) is 10.2 Å². The first-order valence-electron chi connectivity index (χ1n) is 5.73. The SMILES string of the molecule is CCNCCN(C)CC1=CC=CC=CC1.